The third-order valence-electron chi connectivity index (χ3n) is 3.04. The molecule has 2 rings (SSSR count). The van der Waals surface area contributed by atoms with Gasteiger partial charge in [-0.15, -0.1) is 0 Å². The van der Waals surface area contributed by atoms with Crippen LogP contribution < -0.4 is 10.5 Å². The lowest BCUT2D eigenvalue weighted by molar-refractivity contribution is 0.594. The zero-order chi connectivity index (χ0) is 14.6. The molecule has 20 heavy (non-hydrogen) atoms. The summed E-state index contributed by atoms with van der Waals surface area (Å²) in [6, 6.07) is 5.12. The van der Waals surface area contributed by atoms with Crippen LogP contribution in [0.25, 0.3) is 11.0 Å². The van der Waals surface area contributed by atoms with Crippen LogP contribution in [0, 0.1) is 0 Å². The van der Waals surface area contributed by atoms with Crippen LogP contribution in [-0.2, 0) is 10.0 Å². The number of aromatic amines is 1. The van der Waals surface area contributed by atoms with Crippen LogP contribution in [-0.4, -0.2) is 24.1 Å². The van der Waals surface area contributed by atoms with Crippen molar-refractivity contribution in [3.05, 3.63) is 18.2 Å². The van der Waals surface area contributed by atoms with Gasteiger partial charge in [-0.3, -0.25) is 4.72 Å². The van der Waals surface area contributed by atoms with Gasteiger partial charge in [-0.25, -0.2) is 13.4 Å². The lowest BCUT2D eigenvalue weighted by Crippen LogP contribution is -2.16. The van der Waals surface area contributed by atoms with Crippen LogP contribution in [0.3, 0.4) is 0 Å². The normalized spacial score (nSPS) is 11.8. The van der Waals surface area contributed by atoms with Crippen molar-refractivity contribution in [2.45, 2.75) is 32.6 Å². The van der Waals surface area contributed by atoms with Crippen LogP contribution in [0.2, 0.25) is 0 Å². The highest BCUT2D eigenvalue weighted by molar-refractivity contribution is 7.92. The second-order valence-corrected chi connectivity index (χ2v) is 6.68. The number of hydrogen-bond donors (Lipinski definition) is 3. The number of aromatic nitrogens is 2. The molecule has 2 aromatic rings. The predicted octanol–water partition coefficient (Wildman–Crippen LogP) is 2.47. The van der Waals surface area contributed by atoms with E-state index in [1.807, 2.05) is 0 Å². The molecule has 110 valence electrons. The molecular weight excluding hydrogens is 276 g/mol. The van der Waals surface area contributed by atoms with E-state index in [0.29, 0.717) is 29.1 Å². The largest absolute Gasteiger partial charge is 0.369 e. The number of anilines is 2. The fourth-order valence-corrected chi connectivity index (χ4v) is 3.21. The van der Waals surface area contributed by atoms with Gasteiger partial charge in [0, 0.05) is 0 Å². The van der Waals surface area contributed by atoms with Crippen molar-refractivity contribution in [2.75, 3.05) is 16.2 Å². The van der Waals surface area contributed by atoms with E-state index in [1.165, 1.54) is 0 Å². The first-order valence-corrected chi connectivity index (χ1v) is 8.41. The van der Waals surface area contributed by atoms with Gasteiger partial charge in [-0.2, -0.15) is 0 Å². The summed E-state index contributed by atoms with van der Waals surface area (Å²) >= 11 is 0. The Hall–Kier alpha value is -1.76. The van der Waals surface area contributed by atoms with E-state index < -0.39 is 10.0 Å². The zero-order valence-corrected chi connectivity index (χ0v) is 12.3. The maximum absolute atomic E-state index is 11.9. The fraction of sp³-hybridized carbons (Fsp3) is 0.462. The van der Waals surface area contributed by atoms with Crippen molar-refractivity contribution in [1.29, 1.82) is 0 Å². The highest BCUT2D eigenvalue weighted by Crippen LogP contribution is 2.19. The number of hydrogen-bond acceptors (Lipinski definition) is 4. The Kier molecular flexibility index (Phi) is 4.49. The number of imidazole rings is 1. The zero-order valence-electron chi connectivity index (χ0n) is 11.5. The van der Waals surface area contributed by atoms with E-state index >= 15 is 0 Å². The second kappa shape index (κ2) is 6.13. The average molecular weight is 296 g/mol. The molecule has 0 amide bonds. The molecule has 1 aromatic carbocycles. The van der Waals surface area contributed by atoms with Gasteiger partial charge in [0.15, 0.2) is 5.95 Å². The first-order valence-electron chi connectivity index (χ1n) is 6.76. The van der Waals surface area contributed by atoms with Crippen molar-refractivity contribution in [2.24, 2.45) is 0 Å². The number of rotatable bonds is 7. The van der Waals surface area contributed by atoms with Gasteiger partial charge in [0.25, 0.3) is 0 Å². The minimum absolute atomic E-state index is 0.149. The topological polar surface area (TPSA) is 101 Å². The first kappa shape index (κ1) is 14.6. The molecule has 0 fully saturated rings. The molecule has 0 unspecified atom stereocenters. The Morgan fingerprint density at radius 2 is 2.10 bits per heavy atom. The number of nitrogen functional groups attached to an aromatic ring is 1. The molecule has 0 radical (unpaired) electrons. The molecule has 0 aliphatic rings. The number of benzene rings is 1. The SMILES string of the molecule is CCCCCCS(=O)(=O)Nc1ccc2nc(N)[nH]c2c1. The summed E-state index contributed by atoms with van der Waals surface area (Å²) in [5.41, 5.74) is 7.51. The van der Waals surface area contributed by atoms with Crippen molar-refractivity contribution in [3.8, 4) is 0 Å². The highest BCUT2D eigenvalue weighted by Gasteiger charge is 2.11. The molecule has 0 saturated carbocycles. The standard InChI is InChI=1S/C13H20N4O2S/c1-2-3-4-5-8-20(18,19)17-10-6-7-11-12(9-10)16-13(14)15-11/h6-7,9,17H,2-5,8H2,1H3,(H3,14,15,16). The first-order chi connectivity index (χ1) is 9.50. The van der Waals surface area contributed by atoms with Crippen LogP contribution in [0.4, 0.5) is 11.6 Å². The lowest BCUT2D eigenvalue weighted by Gasteiger charge is -2.07. The maximum Gasteiger partial charge on any atom is 0.232 e. The average Bonchev–Trinajstić information content (AvgIpc) is 2.73. The highest BCUT2D eigenvalue weighted by atomic mass is 32.2. The molecule has 4 N–H and O–H groups in total. The summed E-state index contributed by atoms with van der Waals surface area (Å²) in [6.07, 6.45) is 3.77. The molecule has 6 nitrogen and oxygen atoms in total. The van der Waals surface area contributed by atoms with Gasteiger partial charge < -0.3 is 10.7 Å². The van der Waals surface area contributed by atoms with Gasteiger partial charge in [-0.05, 0) is 24.6 Å². The molecule has 0 aliphatic heterocycles. The summed E-state index contributed by atoms with van der Waals surface area (Å²) in [5.74, 6) is 0.468. The number of nitrogens with two attached hydrogens (primary N) is 1. The third-order valence-corrected chi connectivity index (χ3v) is 4.41. The Morgan fingerprint density at radius 3 is 2.85 bits per heavy atom. The van der Waals surface area contributed by atoms with E-state index in [4.69, 9.17) is 5.73 Å². The van der Waals surface area contributed by atoms with Crippen LogP contribution in [0.5, 0.6) is 0 Å². The van der Waals surface area contributed by atoms with Crippen LogP contribution in [0.15, 0.2) is 18.2 Å². The molecule has 0 spiro atoms. The summed E-state index contributed by atoms with van der Waals surface area (Å²) in [6.45, 7) is 2.10. The van der Waals surface area contributed by atoms with Crippen LogP contribution in [0.1, 0.15) is 32.6 Å². The van der Waals surface area contributed by atoms with Crippen molar-refractivity contribution >= 4 is 32.7 Å². The van der Waals surface area contributed by atoms with Crippen molar-refractivity contribution in [1.82, 2.24) is 9.97 Å². The smallest absolute Gasteiger partial charge is 0.232 e. The van der Waals surface area contributed by atoms with Crippen LogP contribution >= 0.6 is 0 Å². The van der Waals surface area contributed by atoms with E-state index in [0.717, 1.165) is 19.3 Å². The molecule has 0 bridgehead atoms. The van der Waals surface area contributed by atoms with Crippen molar-refractivity contribution < 1.29 is 8.42 Å². The number of nitrogens with one attached hydrogen (secondary N) is 2. The molecule has 0 saturated heterocycles. The minimum atomic E-state index is -3.29. The Balaban J connectivity index is 2.02. The Morgan fingerprint density at radius 1 is 1.30 bits per heavy atom. The van der Waals surface area contributed by atoms with E-state index in [9.17, 15) is 8.42 Å². The maximum atomic E-state index is 11.9. The molecule has 1 heterocycles. The van der Waals surface area contributed by atoms with Gasteiger partial charge in [0.05, 0.1) is 22.5 Å². The van der Waals surface area contributed by atoms with Gasteiger partial charge in [0.2, 0.25) is 10.0 Å². The summed E-state index contributed by atoms with van der Waals surface area (Å²) in [5, 5.41) is 0. The number of nitrogens with zero attached hydrogens (tertiary/aromatic N) is 1. The quantitative estimate of drug-likeness (QED) is 0.683. The molecule has 0 atom stereocenters. The summed E-state index contributed by atoms with van der Waals surface area (Å²) < 4.78 is 26.5. The number of sulfonamides is 1. The summed E-state index contributed by atoms with van der Waals surface area (Å²) in [4.78, 5) is 6.94. The fourth-order valence-electron chi connectivity index (χ4n) is 2.04. The number of unbranched alkanes of at least 4 members (excludes halogenated alkanes) is 3. The Bertz CT molecular complexity index is 679. The van der Waals surface area contributed by atoms with Crippen molar-refractivity contribution in [3.63, 3.8) is 0 Å². The molecule has 7 heteroatoms. The third kappa shape index (κ3) is 3.86. The number of H-pyrrole nitrogens is 1. The molecule has 0 aliphatic carbocycles. The molecular formula is C13H20N4O2S. The van der Waals surface area contributed by atoms with Gasteiger partial charge in [-0.1, -0.05) is 26.2 Å². The number of fused-ring (bicyclic) bond motifs is 1. The Labute approximate surface area is 118 Å². The van der Waals surface area contributed by atoms with E-state index in [1.54, 1.807) is 18.2 Å². The monoisotopic (exact) mass is 296 g/mol. The summed E-state index contributed by atoms with van der Waals surface area (Å²) in [7, 11) is -3.29. The van der Waals surface area contributed by atoms with Gasteiger partial charge >= 0.3 is 0 Å². The molecule has 1 aromatic heterocycles. The van der Waals surface area contributed by atoms with E-state index in [-0.39, 0.29) is 5.75 Å². The van der Waals surface area contributed by atoms with Gasteiger partial charge in [0.1, 0.15) is 0 Å². The lowest BCUT2D eigenvalue weighted by atomic mass is 10.2. The predicted molar refractivity (Wildman–Crippen MR) is 82.1 cm³/mol. The second-order valence-electron chi connectivity index (χ2n) is 4.84. The minimum Gasteiger partial charge on any atom is -0.369 e. The van der Waals surface area contributed by atoms with E-state index in [2.05, 4.69) is 21.6 Å².